The summed E-state index contributed by atoms with van der Waals surface area (Å²) in [4.78, 5) is 28.0. The normalized spacial score (nSPS) is 10.5. The van der Waals surface area contributed by atoms with Crippen LogP contribution in [-0.4, -0.2) is 22.0 Å². The first-order valence-electron chi connectivity index (χ1n) is 6.79. The topological polar surface area (TPSA) is 64.0 Å². The molecule has 1 aromatic carbocycles. The molecule has 5 nitrogen and oxygen atoms in total. The van der Waals surface area contributed by atoms with Crippen molar-refractivity contribution in [1.29, 1.82) is 0 Å². The van der Waals surface area contributed by atoms with Crippen molar-refractivity contribution in [1.82, 2.24) is 14.9 Å². The van der Waals surface area contributed by atoms with E-state index in [-0.39, 0.29) is 11.5 Å². The maximum atomic E-state index is 12.0. The zero-order valence-electron chi connectivity index (χ0n) is 12.0. The molecule has 1 heterocycles. The number of benzene rings is 1. The Bertz CT molecular complexity index is 724. The first kappa shape index (κ1) is 16.5. The average Bonchev–Trinajstić information content (AvgIpc) is 2.47. The van der Waals surface area contributed by atoms with Crippen molar-refractivity contribution >= 4 is 29.1 Å². The molecule has 2 aromatic rings. The SMILES string of the molecule is CCc1cc(=O)n(CCNC(=O)c2cc(Cl)cc(Cl)c2)cn1. The highest BCUT2D eigenvalue weighted by atomic mass is 35.5. The zero-order chi connectivity index (χ0) is 16.1. The van der Waals surface area contributed by atoms with E-state index < -0.39 is 0 Å². The lowest BCUT2D eigenvalue weighted by atomic mass is 10.2. The summed E-state index contributed by atoms with van der Waals surface area (Å²) >= 11 is 11.7. The number of halogens is 2. The Morgan fingerprint density at radius 3 is 2.50 bits per heavy atom. The van der Waals surface area contributed by atoms with Crippen molar-refractivity contribution in [2.45, 2.75) is 19.9 Å². The van der Waals surface area contributed by atoms with E-state index in [2.05, 4.69) is 10.3 Å². The van der Waals surface area contributed by atoms with Crippen LogP contribution in [0, 0.1) is 0 Å². The molecule has 0 atom stereocenters. The molecule has 0 unspecified atom stereocenters. The molecule has 0 aliphatic rings. The molecular formula is C15H15Cl2N3O2. The molecule has 116 valence electrons. The number of aromatic nitrogens is 2. The van der Waals surface area contributed by atoms with Gasteiger partial charge in [0.1, 0.15) is 0 Å². The third-order valence-corrected chi connectivity index (χ3v) is 3.50. The number of hydrogen-bond donors (Lipinski definition) is 1. The predicted molar refractivity (Wildman–Crippen MR) is 86.7 cm³/mol. The third-order valence-electron chi connectivity index (χ3n) is 3.06. The molecule has 0 aliphatic heterocycles. The van der Waals surface area contributed by atoms with Gasteiger partial charge in [-0.25, -0.2) is 4.98 Å². The van der Waals surface area contributed by atoms with Crippen LogP contribution in [0.1, 0.15) is 23.0 Å². The van der Waals surface area contributed by atoms with E-state index >= 15 is 0 Å². The fourth-order valence-corrected chi connectivity index (χ4v) is 2.43. The molecule has 1 N–H and O–H groups in total. The molecule has 7 heteroatoms. The van der Waals surface area contributed by atoms with Gasteiger partial charge in [0.25, 0.3) is 11.5 Å². The monoisotopic (exact) mass is 339 g/mol. The second-order valence-electron chi connectivity index (χ2n) is 4.68. The number of nitrogens with one attached hydrogen (secondary N) is 1. The minimum Gasteiger partial charge on any atom is -0.350 e. The lowest BCUT2D eigenvalue weighted by Gasteiger charge is -2.08. The molecule has 0 bridgehead atoms. The van der Waals surface area contributed by atoms with E-state index in [0.29, 0.717) is 35.1 Å². The highest BCUT2D eigenvalue weighted by molar-refractivity contribution is 6.35. The average molecular weight is 340 g/mol. The molecule has 0 aliphatic carbocycles. The van der Waals surface area contributed by atoms with Gasteiger partial charge in [-0.1, -0.05) is 30.1 Å². The van der Waals surface area contributed by atoms with Gasteiger partial charge in [0, 0.05) is 40.5 Å². The molecule has 0 radical (unpaired) electrons. The third kappa shape index (κ3) is 4.32. The number of nitrogens with zero attached hydrogens (tertiary/aromatic N) is 2. The second kappa shape index (κ2) is 7.42. The number of carbonyl (C=O) groups excluding carboxylic acids is 1. The summed E-state index contributed by atoms with van der Waals surface area (Å²) in [5, 5.41) is 3.51. The fourth-order valence-electron chi connectivity index (χ4n) is 1.90. The van der Waals surface area contributed by atoms with Crippen LogP contribution in [0.3, 0.4) is 0 Å². The Balaban J connectivity index is 1.96. The van der Waals surface area contributed by atoms with Gasteiger partial charge in [-0.15, -0.1) is 0 Å². The molecule has 0 spiro atoms. The summed E-state index contributed by atoms with van der Waals surface area (Å²) in [5.41, 5.74) is 0.995. The van der Waals surface area contributed by atoms with E-state index in [1.165, 1.54) is 29.1 Å². The molecule has 2 rings (SSSR count). The van der Waals surface area contributed by atoms with Gasteiger partial charge in [0.15, 0.2) is 0 Å². The number of rotatable bonds is 5. The molecule has 0 saturated carbocycles. The molecule has 22 heavy (non-hydrogen) atoms. The highest BCUT2D eigenvalue weighted by Gasteiger charge is 2.07. The van der Waals surface area contributed by atoms with Crippen LogP contribution in [0.2, 0.25) is 10.0 Å². The van der Waals surface area contributed by atoms with Gasteiger partial charge in [-0.2, -0.15) is 0 Å². The standard InChI is InChI=1S/C15H15Cl2N3O2/c1-2-13-8-14(21)20(9-19-13)4-3-18-15(22)10-5-11(16)7-12(17)6-10/h5-9H,2-4H2,1H3,(H,18,22). The largest absolute Gasteiger partial charge is 0.350 e. The van der Waals surface area contributed by atoms with Crippen LogP contribution in [0.15, 0.2) is 35.4 Å². The predicted octanol–water partition coefficient (Wildman–Crippen LogP) is 2.54. The summed E-state index contributed by atoms with van der Waals surface area (Å²) in [5.74, 6) is -0.296. The summed E-state index contributed by atoms with van der Waals surface area (Å²) in [7, 11) is 0. The van der Waals surface area contributed by atoms with Crippen LogP contribution in [0.25, 0.3) is 0 Å². The first-order chi connectivity index (χ1) is 10.5. The number of hydrogen-bond acceptors (Lipinski definition) is 3. The van der Waals surface area contributed by atoms with Crippen LogP contribution in [0.5, 0.6) is 0 Å². The van der Waals surface area contributed by atoms with Crippen LogP contribution in [0.4, 0.5) is 0 Å². The minimum absolute atomic E-state index is 0.133. The van der Waals surface area contributed by atoms with Gasteiger partial charge >= 0.3 is 0 Å². The van der Waals surface area contributed by atoms with Crippen molar-refractivity contribution in [3.8, 4) is 0 Å². The molecule has 0 saturated heterocycles. The van der Waals surface area contributed by atoms with E-state index in [1.807, 2.05) is 6.92 Å². The summed E-state index contributed by atoms with van der Waals surface area (Å²) < 4.78 is 1.45. The Kier molecular flexibility index (Phi) is 5.57. The van der Waals surface area contributed by atoms with Gasteiger partial charge in [0.2, 0.25) is 0 Å². The minimum atomic E-state index is -0.296. The van der Waals surface area contributed by atoms with Crippen molar-refractivity contribution in [2.75, 3.05) is 6.54 Å². The molecule has 1 amide bonds. The molecular weight excluding hydrogens is 325 g/mol. The number of amides is 1. The summed E-state index contributed by atoms with van der Waals surface area (Å²) in [6.45, 7) is 2.58. The Morgan fingerprint density at radius 2 is 1.91 bits per heavy atom. The Labute approximate surface area is 137 Å². The van der Waals surface area contributed by atoms with E-state index in [0.717, 1.165) is 5.69 Å². The van der Waals surface area contributed by atoms with Crippen molar-refractivity contribution in [3.05, 3.63) is 62.2 Å². The quantitative estimate of drug-likeness (QED) is 0.910. The van der Waals surface area contributed by atoms with Crippen LogP contribution in [-0.2, 0) is 13.0 Å². The van der Waals surface area contributed by atoms with Crippen molar-refractivity contribution in [3.63, 3.8) is 0 Å². The van der Waals surface area contributed by atoms with Gasteiger partial charge in [-0.3, -0.25) is 14.2 Å². The van der Waals surface area contributed by atoms with Crippen LogP contribution >= 0.6 is 23.2 Å². The molecule has 0 fully saturated rings. The van der Waals surface area contributed by atoms with Gasteiger partial charge in [0.05, 0.1) is 6.33 Å². The number of carbonyl (C=O) groups is 1. The van der Waals surface area contributed by atoms with E-state index in [9.17, 15) is 9.59 Å². The lowest BCUT2D eigenvalue weighted by Crippen LogP contribution is -2.31. The maximum Gasteiger partial charge on any atom is 0.253 e. The van der Waals surface area contributed by atoms with Gasteiger partial charge in [-0.05, 0) is 24.6 Å². The molecule has 1 aromatic heterocycles. The van der Waals surface area contributed by atoms with E-state index in [4.69, 9.17) is 23.2 Å². The number of aryl methyl sites for hydroxylation is 1. The lowest BCUT2D eigenvalue weighted by molar-refractivity contribution is 0.0952. The fraction of sp³-hybridized carbons (Fsp3) is 0.267. The summed E-state index contributed by atoms with van der Waals surface area (Å²) in [6, 6.07) is 6.12. The second-order valence-corrected chi connectivity index (χ2v) is 5.55. The first-order valence-corrected chi connectivity index (χ1v) is 7.55. The smallest absolute Gasteiger partial charge is 0.253 e. The zero-order valence-corrected chi connectivity index (χ0v) is 13.5. The van der Waals surface area contributed by atoms with Crippen molar-refractivity contribution < 1.29 is 4.79 Å². The maximum absolute atomic E-state index is 12.0. The Morgan fingerprint density at radius 1 is 1.23 bits per heavy atom. The van der Waals surface area contributed by atoms with Crippen LogP contribution < -0.4 is 10.9 Å². The highest BCUT2D eigenvalue weighted by Crippen LogP contribution is 2.18. The van der Waals surface area contributed by atoms with Gasteiger partial charge < -0.3 is 5.32 Å². The van der Waals surface area contributed by atoms with E-state index in [1.54, 1.807) is 6.07 Å². The van der Waals surface area contributed by atoms with Crippen molar-refractivity contribution in [2.24, 2.45) is 0 Å². The Hall–Kier alpha value is -1.85. The summed E-state index contributed by atoms with van der Waals surface area (Å²) in [6.07, 6.45) is 2.20.